The number of nitro groups is 1. The molecule has 110 valence electrons. The lowest BCUT2D eigenvalue weighted by atomic mass is 10.2. The fourth-order valence-corrected chi connectivity index (χ4v) is 2.81. The Balaban J connectivity index is 1.99. The molecule has 0 radical (unpaired) electrons. The zero-order valence-corrected chi connectivity index (χ0v) is 12.4. The van der Waals surface area contributed by atoms with E-state index < -0.39 is 4.92 Å². The van der Waals surface area contributed by atoms with Crippen LogP contribution in [-0.4, -0.2) is 25.1 Å². The Kier molecular flexibility index (Phi) is 3.84. The SMILES string of the molecule is Cc1ccc(Sc2nnnn2-c2ccccc2)c([N+](=O)[O-])c1. The highest BCUT2D eigenvalue weighted by Crippen LogP contribution is 2.34. The van der Waals surface area contributed by atoms with E-state index in [4.69, 9.17) is 0 Å². The van der Waals surface area contributed by atoms with Gasteiger partial charge in [0.2, 0.25) is 5.16 Å². The predicted molar refractivity (Wildman–Crippen MR) is 81.1 cm³/mol. The minimum atomic E-state index is -0.397. The molecule has 0 saturated heterocycles. The predicted octanol–water partition coefficient (Wildman–Crippen LogP) is 3.03. The first-order valence-corrected chi connectivity index (χ1v) is 7.23. The van der Waals surface area contributed by atoms with Crippen LogP contribution in [0.25, 0.3) is 5.69 Å². The van der Waals surface area contributed by atoms with E-state index in [1.165, 1.54) is 0 Å². The Morgan fingerprint density at radius 3 is 2.68 bits per heavy atom. The summed E-state index contributed by atoms with van der Waals surface area (Å²) < 4.78 is 1.55. The maximum Gasteiger partial charge on any atom is 0.283 e. The molecule has 7 nitrogen and oxygen atoms in total. The van der Waals surface area contributed by atoms with E-state index in [2.05, 4.69) is 15.5 Å². The fourth-order valence-electron chi connectivity index (χ4n) is 1.93. The molecule has 3 rings (SSSR count). The van der Waals surface area contributed by atoms with Crippen molar-refractivity contribution in [3.05, 3.63) is 64.2 Å². The number of aryl methyl sites for hydroxylation is 1. The van der Waals surface area contributed by atoms with Gasteiger partial charge in [-0.25, -0.2) is 0 Å². The van der Waals surface area contributed by atoms with Crippen LogP contribution in [0, 0.1) is 17.0 Å². The molecule has 22 heavy (non-hydrogen) atoms. The third-order valence-electron chi connectivity index (χ3n) is 2.95. The molecule has 0 aliphatic carbocycles. The molecule has 0 spiro atoms. The van der Waals surface area contributed by atoms with Gasteiger partial charge >= 0.3 is 0 Å². The first-order chi connectivity index (χ1) is 10.6. The van der Waals surface area contributed by atoms with Gasteiger partial charge in [0.25, 0.3) is 5.69 Å². The number of rotatable bonds is 4. The van der Waals surface area contributed by atoms with Gasteiger partial charge in [-0.1, -0.05) is 24.3 Å². The summed E-state index contributed by atoms with van der Waals surface area (Å²) in [5.41, 5.74) is 1.68. The Hall–Kier alpha value is -2.74. The normalized spacial score (nSPS) is 10.6. The van der Waals surface area contributed by atoms with E-state index in [1.807, 2.05) is 43.3 Å². The van der Waals surface area contributed by atoms with E-state index in [-0.39, 0.29) is 5.69 Å². The van der Waals surface area contributed by atoms with Crippen molar-refractivity contribution in [1.82, 2.24) is 20.2 Å². The second-order valence-electron chi connectivity index (χ2n) is 4.54. The molecular weight excluding hydrogens is 302 g/mol. The van der Waals surface area contributed by atoms with Gasteiger partial charge in [0.05, 0.1) is 15.5 Å². The lowest BCUT2D eigenvalue weighted by molar-refractivity contribution is -0.387. The monoisotopic (exact) mass is 313 g/mol. The van der Waals surface area contributed by atoms with Gasteiger partial charge in [-0.05, 0) is 52.9 Å². The molecule has 8 heteroatoms. The Labute approximate surface area is 130 Å². The van der Waals surface area contributed by atoms with Gasteiger partial charge in [0.1, 0.15) is 0 Å². The van der Waals surface area contributed by atoms with Crippen LogP contribution >= 0.6 is 11.8 Å². The number of nitro benzene ring substituents is 1. The second kappa shape index (κ2) is 5.94. The van der Waals surface area contributed by atoms with Crippen LogP contribution in [0.4, 0.5) is 5.69 Å². The third-order valence-corrected chi connectivity index (χ3v) is 3.96. The van der Waals surface area contributed by atoms with E-state index >= 15 is 0 Å². The standard InChI is InChI=1S/C14H11N5O2S/c1-10-7-8-13(12(9-10)19(20)21)22-14-15-16-17-18(14)11-5-3-2-4-6-11/h2-9H,1H3. The molecule has 3 aromatic rings. The van der Waals surface area contributed by atoms with Crippen LogP contribution in [0.1, 0.15) is 5.56 Å². The van der Waals surface area contributed by atoms with Crippen LogP contribution in [0.5, 0.6) is 0 Å². The van der Waals surface area contributed by atoms with Crippen molar-refractivity contribution >= 4 is 17.4 Å². The molecule has 0 aliphatic rings. The quantitative estimate of drug-likeness (QED) is 0.543. The molecule has 0 amide bonds. The third kappa shape index (κ3) is 2.82. The van der Waals surface area contributed by atoms with Gasteiger partial charge < -0.3 is 0 Å². The van der Waals surface area contributed by atoms with Crippen molar-refractivity contribution in [2.75, 3.05) is 0 Å². The maximum absolute atomic E-state index is 11.2. The molecule has 0 atom stereocenters. The molecule has 0 bridgehead atoms. The van der Waals surface area contributed by atoms with E-state index in [9.17, 15) is 10.1 Å². The highest BCUT2D eigenvalue weighted by Gasteiger charge is 2.18. The molecule has 0 unspecified atom stereocenters. The summed E-state index contributed by atoms with van der Waals surface area (Å²) in [7, 11) is 0. The highest BCUT2D eigenvalue weighted by molar-refractivity contribution is 7.99. The summed E-state index contributed by atoms with van der Waals surface area (Å²) in [6.45, 7) is 1.81. The highest BCUT2D eigenvalue weighted by atomic mass is 32.2. The van der Waals surface area contributed by atoms with Gasteiger partial charge in [0, 0.05) is 6.07 Å². The van der Waals surface area contributed by atoms with Crippen molar-refractivity contribution in [2.24, 2.45) is 0 Å². The van der Waals surface area contributed by atoms with Gasteiger partial charge in [-0.3, -0.25) is 10.1 Å². The summed E-state index contributed by atoms with van der Waals surface area (Å²) in [6.07, 6.45) is 0. The maximum atomic E-state index is 11.2. The molecule has 0 fully saturated rings. The lowest BCUT2D eigenvalue weighted by Gasteiger charge is -2.05. The van der Waals surface area contributed by atoms with Crippen LogP contribution in [-0.2, 0) is 0 Å². The van der Waals surface area contributed by atoms with Crippen LogP contribution in [0.2, 0.25) is 0 Å². The zero-order chi connectivity index (χ0) is 15.5. The van der Waals surface area contributed by atoms with Gasteiger partial charge in [-0.15, -0.1) is 5.10 Å². The Morgan fingerprint density at radius 1 is 1.18 bits per heavy atom. The zero-order valence-electron chi connectivity index (χ0n) is 11.6. The van der Waals surface area contributed by atoms with Crippen LogP contribution in [0.3, 0.4) is 0 Å². The first kappa shape index (κ1) is 14.2. The number of para-hydroxylation sites is 1. The summed E-state index contributed by atoms with van der Waals surface area (Å²) in [5.74, 6) is 0. The number of hydrogen-bond donors (Lipinski definition) is 0. The molecular formula is C14H11N5O2S. The summed E-state index contributed by atoms with van der Waals surface area (Å²) >= 11 is 1.16. The topological polar surface area (TPSA) is 86.7 Å². The first-order valence-electron chi connectivity index (χ1n) is 6.42. The Bertz CT molecular complexity index is 819. The van der Waals surface area contributed by atoms with Crippen molar-refractivity contribution in [3.8, 4) is 5.69 Å². The second-order valence-corrected chi connectivity index (χ2v) is 5.55. The summed E-state index contributed by atoms with van der Waals surface area (Å²) in [6, 6.07) is 14.5. The average molecular weight is 313 g/mol. The molecule has 1 heterocycles. The number of tetrazole rings is 1. The van der Waals surface area contributed by atoms with Gasteiger partial charge in [0.15, 0.2) is 0 Å². The molecule has 0 N–H and O–H groups in total. The van der Waals surface area contributed by atoms with Crippen molar-refractivity contribution in [1.29, 1.82) is 0 Å². The largest absolute Gasteiger partial charge is 0.283 e. The minimum Gasteiger partial charge on any atom is -0.258 e. The minimum absolute atomic E-state index is 0.0487. The fraction of sp³-hybridized carbons (Fsp3) is 0.0714. The van der Waals surface area contributed by atoms with Crippen molar-refractivity contribution < 1.29 is 4.92 Å². The van der Waals surface area contributed by atoms with Crippen molar-refractivity contribution in [2.45, 2.75) is 17.0 Å². The molecule has 0 saturated carbocycles. The number of nitrogens with zero attached hydrogens (tertiary/aromatic N) is 5. The van der Waals surface area contributed by atoms with Gasteiger partial charge in [-0.2, -0.15) is 4.68 Å². The molecule has 1 aromatic heterocycles. The smallest absolute Gasteiger partial charge is 0.258 e. The van der Waals surface area contributed by atoms with E-state index in [0.717, 1.165) is 23.0 Å². The summed E-state index contributed by atoms with van der Waals surface area (Å²) in [4.78, 5) is 11.3. The van der Waals surface area contributed by atoms with Crippen LogP contribution < -0.4 is 0 Å². The number of hydrogen-bond acceptors (Lipinski definition) is 6. The molecule has 2 aromatic carbocycles. The summed E-state index contributed by atoms with van der Waals surface area (Å²) in [5, 5.41) is 23.2. The number of aromatic nitrogens is 4. The molecule has 0 aliphatic heterocycles. The van der Waals surface area contributed by atoms with Crippen molar-refractivity contribution in [3.63, 3.8) is 0 Å². The van der Waals surface area contributed by atoms with Crippen LogP contribution in [0.15, 0.2) is 58.6 Å². The van der Waals surface area contributed by atoms with E-state index in [1.54, 1.807) is 16.8 Å². The Morgan fingerprint density at radius 2 is 1.95 bits per heavy atom. The number of benzene rings is 2. The van der Waals surface area contributed by atoms with E-state index in [0.29, 0.717) is 10.1 Å². The lowest BCUT2D eigenvalue weighted by Crippen LogP contribution is -1.99. The average Bonchev–Trinajstić information content (AvgIpc) is 2.98.